The van der Waals surface area contributed by atoms with Crippen LogP contribution in [0.2, 0.25) is 0 Å². The fraction of sp³-hybridized carbons (Fsp3) is 0.400. The van der Waals surface area contributed by atoms with Crippen LogP contribution in [0.1, 0.15) is 30.0 Å². The molecule has 0 radical (unpaired) electrons. The summed E-state index contributed by atoms with van der Waals surface area (Å²) in [6.07, 6.45) is -3.51. The second kappa shape index (κ2) is 6.58. The lowest BCUT2D eigenvalue weighted by Gasteiger charge is -2.05. The predicted octanol–water partition coefficient (Wildman–Crippen LogP) is 4.50. The molecule has 1 aromatic heterocycles. The molecule has 1 aromatic carbocycles. The van der Waals surface area contributed by atoms with Gasteiger partial charge in [0.05, 0.1) is 4.88 Å². The van der Waals surface area contributed by atoms with Crippen LogP contribution in [0, 0.1) is 0 Å². The van der Waals surface area contributed by atoms with E-state index in [1.54, 1.807) is 0 Å². The van der Waals surface area contributed by atoms with Gasteiger partial charge in [-0.15, -0.1) is 11.3 Å². The summed E-state index contributed by atoms with van der Waals surface area (Å²) in [6.45, 7) is 4.71. The van der Waals surface area contributed by atoms with E-state index in [1.807, 2.05) is 38.1 Å². The first kappa shape index (κ1) is 16.0. The lowest BCUT2D eigenvalue weighted by Crippen LogP contribution is -2.15. The van der Waals surface area contributed by atoms with Crippen molar-refractivity contribution in [3.8, 4) is 10.6 Å². The Morgan fingerprint density at radius 2 is 1.81 bits per heavy atom. The summed E-state index contributed by atoms with van der Waals surface area (Å²) in [5.41, 5.74) is 1.10. The zero-order valence-electron chi connectivity index (χ0n) is 11.9. The van der Waals surface area contributed by atoms with Crippen LogP contribution in [0.15, 0.2) is 24.3 Å². The molecule has 0 unspecified atom stereocenters. The van der Waals surface area contributed by atoms with Gasteiger partial charge >= 0.3 is 6.18 Å². The Morgan fingerprint density at radius 3 is 2.33 bits per heavy atom. The number of nitrogens with zero attached hydrogens (tertiary/aromatic N) is 1. The van der Waals surface area contributed by atoms with Crippen LogP contribution in [0.25, 0.3) is 10.6 Å². The summed E-state index contributed by atoms with van der Waals surface area (Å²) in [5.74, 6) is 0. The molecule has 0 amide bonds. The van der Waals surface area contributed by atoms with Crippen molar-refractivity contribution in [1.82, 2.24) is 10.3 Å². The predicted molar refractivity (Wildman–Crippen MR) is 79.3 cm³/mol. The Labute approximate surface area is 126 Å². The van der Waals surface area contributed by atoms with Crippen molar-refractivity contribution in [3.63, 3.8) is 0 Å². The van der Waals surface area contributed by atoms with Crippen LogP contribution >= 0.6 is 11.3 Å². The monoisotopic (exact) mass is 314 g/mol. The van der Waals surface area contributed by atoms with E-state index in [1.165, 1.54) is 0 Å². The van der Waals surface area contributed by atoms with Crippen molar-refractivity contribution in [2.24, 2.45) is 0 Å². The molecule has 1 N–H and O–H groups in total. The lowest BCUT2D eigenvalue weighted by molar-refractivity contribution is -0.141. The van der Waals surface area contributed by atoms with E-state index in [-0.39, 0.29) is 11.4 Å². The van der Waals surface area contributed by atoms with Crippen LogP contribution in [0.3, 0.4) is 0 Å². The average molecular weight is 314 g/mol. The van der Waals surface area contributed by atoms with Gasteiger partial charge in [0.25, 0.3) is 0 Å². The van der Waals surface area contributed by atoms with Crippen molar-refractivity contribution >= 4 is 11.3 Å². The molecule has 2 nitrogen and oxygen atoms in total. The summed E-state index contributed by atoms with van der Waals surface area (Å²) < 4.78 is 39.1. The van der Waals surface area contributed by atoms with Gasteiger partial charge < -0.3 is 5.32 Å². The SMILES string of the molecule is CCNCc1sc(-c2ccc(CC)cc2)nc1C(F)(F)F. The van der Waals surface area contributed by atoms with E-state index in [4.69, 9.17) is 0 Å². The lowest BCUT2D eigenvalue weighted by atomic mass is 10.1. The fourth-order valence-electron chi connectivity index (χ4n) is 1.94. The number of hydrogen-bond donors (Lipinski definition) is 1. The summed E-state index contributed by atoms with van der Waals surface area (Å²) in [5, 5.41) is 3.35. The number of benzene rings is 1. The quantitative estimate of drug-likeness (QED) is 0.879. The van der Waals surface area contributed by atoms with Crippen molar-refractivity contribution in [1.29, 1.82) is 0 Å². The first-order valence-electron chi connectivity index (χ1n) is 6.82. The Morgan fingerprint density at radius 1 is 1.14 bits per heavy atom. The highest BCUT2D eigenvalue weighted by atomic mass is 32.1. The summed E-state index contributed by atoms with van der Waals surface area (Å²) >= 11 is 1.10. The molecular weight excluding hydrogens is 297 g/mol. The largest absolute Gasteiger partial charge is 0.434 e. The van der Waals surface area contributed by atoms with Crippen molar-refractivity contribution in [3.05, 3.63) is 40.4 Å². The second-order valence-electron chi connectivity index (χ2n) is 4.62. The summed E-state index contributed by atoms with van der Waals surface area (Å²) in [7, 11) is 0. The summed E-state index contributed by atoms with van der Waals surface area (Å²) in [4.78, 5) is 4.05. The van der Waals surface area contributed by atoms with Gasteiger partial charge in [-0.05, 0) is 18.5 Å². The average Bonchev–Trinajstić information content (AvgIpc) is 2.89. The van der Waals surface area contributed by atoms with Crippen molar-refractivity contribution in [2.75, 3.05) is 6.54 Å². The first-order chi connectivity index (χ1) is 9.95. The van der Waals surface area contributed by atoms with E-state index in [9.17, 15) is 13.2 Å². The normalized spacial score (nSPS) is 11.9. The van der Waals surface area contributed by atoms with Crippen LogP contribution in [-0.4, -0.2) is 11.5 Å². The van der Waals surface area contributed by atoms with Gasteiger partial charge in [0.1, 0.15) is 5.01 Å². The highest BCUT2D eigenvalue weighted by Crippen LogP contribution is 2.37. The Hall–Kier alpha value is -1.40. The second-order valence-corrected chi connectivity index (χ2v) is 5.70. The molecule has 0 fully saturated rings. The molecular formula is C15H17F3N2S. The molecule has 0 aliphatic heterocycles. The van der Waals surface area contributed by atoms with Crippen molar-refractivity contribution in [2.45, 2.75) is 33.0 Å². The van der Waals surface area contributed by atoms with E-state index >= 15 is 0 Å². The number of aryl methyl sites for hydroxylation is 1. The number of hydrogen-bond acceptors (Lipinski definition) is 3. The van der Waals surface area contributed by atoms with E-state index in [2.05, 4.69) is 10.3 Å². The van der Waals surface area contributed by atoms with Gasteiger partial charge in [-0.3, -0.25) is 0 Å². The van der Waals surface area contributed by atoms with Crippen LogP contribution in [0.4, 0.5) is 13.2 Å². The molecule has 0 aliphatic carbocycles. The van der Waals surface area contributed by atoms with Crippen LogP contribution in [0.5, 0.6) is 0 Å². The zero-order chi connectivity index (χ0) is 15.5. The maximum absolute atomic E-state index is 13.0. The third-order valence-electron chi connectivity index (χ3n) is 3.11. The Kier molecular flexibility index (Phi) is 5.00. The fourth-order valence-corrected chi connectivity index (χ4v) is 2.99. The molecule has 21 heavy (non-hydrogen) atoms. The zero-order valence-corrected chi connectivity index (χ0v) is 12.7. The number of alkyl halides is 3. The highest BCUT2D eigenvalue weighted by molar-refractivity contribution is 7.15. The third-order valence-corrected chi connectivity index (χ3v) is 4.21. The van der Waals surface area contributed by atoms with Crippen LogP contribution in [-0.2, 0) is 19.1 Å². The molecule has 0 bridgehead atoms. The minimum Gasteiger partial charge on any atom is -0.312 e. The van der Waals surface area contributed by atoms with Crippen LogP contribution < -0.4 is 5.32 Å². The van der Waals surface area contributed by atoms with Gasteiger partial charge in [0.2, 0.25) is 0 Å². The number of rotatable bonds is 5. The molecule has 2 rings (SSSR count). The molecule has 0 spiro atoms. The van der Waals surface area contributed by atoms with E-state index in [0.717, 1.165) is 28.9 Å². The molecule has 0 saturated carbocycles. The van der Waals surface area contributed by atoms with E-state index in [0.29, 0.717) is 11.6 Å². The highest BCUT2D eigenvalue weighted by Gasteiger charge is 2.37. The summed E-state index contributed by atoms with van der Waals surface area (Å²) in [6, 6.07) is 7.51. The minimum atomic E-state index is -4.41. The molecule has 0 atom stereocenters. The van der Waals surface area contributed by atoms with E-state index < -0.39 is 11.9 Å². The molecule has 2 aromatic rings. The standard InChI is InChI=1S/C15H17F3N2S/c1-3-10-5-7-11(8-6-10)14-20-13(15(16,17)18)12(21-14)9-19-4-2/h5-8,19H,3-4,9H2,1-2H3. The minimum absolute atomic E-state index is 0.191. The maximum atomic E-state index is 13.0. The molecule has 114 valence electrons. The van der Waals surface area contributed by atoms with Gasteiger partial charge in [-0.25, -0.2) is 4.98 Å². The first-order valence-corrected chi connectivity index (χ1v) is 7.64. The third kappa shape index (κ3) is 3.83. The molecule has 6 heteroatoms. The number of halogens is 3. The number of nitrogens with one attached hydrogen (secondary N) is 1. The smallest absolute Gasteiger partial charge is 0.312 e. The van der Waals surface area contributed by atoms with Crippen molar-refractivity contribution < 1.29 is 13.2 Å². The number of thiazole rings is 1. The molecule has 0 saturated heterocycles. The molecule has 1 heterocycles. The van der Waals surface area contributed by atoms with Gasteiger partial charge in [-0.1, -0.05) is 38.1 Å². The van der Waals surface area contributed by atoms with Gasteiger partial charge in [-0.2, -0.15) is 13.2 Å². The Balaban J connectivity index is 2.37. The Bertz CT molecular complexity index is 588. The maximum Gasteiger partial charge on any atom is 0.434 e. The molecule has 0 aliphatic rings. The number of aromatic nitrogens is 1. The van der Waals surface area contributed by atoms with Gasteiger partial charge in [0.15, 0.2) is 5.69 Å². The topological polar surface area (TPSA) is 24.9 Å². The van der Waals surface area contributed by atoms with Gasteiger partial charge in [0, 0.05) is 12.1 Å².